The molecule has 0 saturated heterocycles. The highest BCUT2D eigenvalue weighted by molar-refractivity contribution is 9.10. The molecule has 2 atom stereocenters. The van der Waals surface area contributed by atoms with Gasteiger partial charge < -0.3 is 9.47 Å². The number of carbonyl (C=O) groups excluding carboxylic acids is 2. The minimum atomic E-state index is -1.32. The molecule has 0 radical (unpaired) electrons. The quantitative estimate of drug-likeness (QED) is 0.395. The second-order valence-corrected chi connectivity index (χ2v) is 7.47. The molecule has 1 aromatic rings. The van der Waals surface area contributed by atoms with Crippen LogP contribution in [0.1, 0.15) is 25.0 Å². The van der Waals surface area contributed by atoms with Gasteiger partial charge in [-0.3, -0.25) is 4.79 Å². The van der Waals surface area contributed by atoms with Crippen LogP contribution in [0.3, 0.4) is 0 Å². The number of hydrogen-bond acceptors (Lipinski definition) is 4. The Morgan fingerprint density at radius 2 is 1.81 bits per heavy atom. The predicted molar refractivity (Wildman–Crippen MR) is 90.5 cm³/mol. The first-order valence-corrected chi connectivity index (χ1v) is 8.57. The van der Waals surface area contributed by atoms with Crippen LogP contribution in [0, 0.1) is 41.6 Å². The van der Waals surface area contributed by atoms with E-state index in [4.69, 9.17) is 4.74 Å². The van der Waals surface area contributed by atoms with Crippen LogP contribution in [-0.2, 0) is 25.7 Å². The lowest BCUT2D eigenvalue weighted by Gasteiger charge is -2.12. The first kappa shape index (κ1) is 20.5. The van der Waals surface area contributed by atoms with Crippen molar-refractivity contribution in [3.8, 4) is 0 Å². The lowest BCUT2D eigenvalue weighted by atomic mass is 10.1. The van der Waals surface area contributed by atoms with E-state index in [2.05, 4.69) is 20.7 Å². The molecule has 0 N–H and O–H groups in total. The Morgan fingerprint density at radius 1 is 1.19 bits per heavy atom. The molecule has 1 saturated carbocycles. The molecule has 1 aliphatic rings. The predicted octanol–water partition coefficient (Wildman–Crippen LogP) is 4.22. The number of hydrogen-bond donors (Lipinski definition) is 0. The van der Waals surface area contributed by atoms with Crippen LogP contribution < -0.4 is 0 Å². The SMILES string of the molecule is COC(=O)/C=C\[C@H]1[C@@H](C(=O)OCc2c(F)c(F)c(C)c(F)c2Br)C1(C)C. The molecule has 0 aromatic heterocycles. The summed E-state index contributed by atoms with van der Waals surface area (Å²) >= 11 is 2.87. The van der Waals surface area contributed by atoms with E-state index in [1.54, 1.807) is 6.08 Å². The molecule has 26 heavy (non-hydrogen) atoms. The standard InChI is InChI=1S/C18H18BrF3O4/c1-8-14(20)13(19)9(16(22)15(8)21)7-26-17(24)12-10(18(12,2)3)5-6-11(23)25-4/h5-6,10,12H,7H2,1-4H3/b6-5-/t10-,12-/m0/s1. The van der Waals surface area contributed by atoms with E-state index in [1.165, 1.54) is 13.2 Å². The van der Waals surface area contributed by atoms with Crippen molar-refractivity contribution < 1.29 is 32.2 Å². The van der Waals surface area contributed by atoms with Crippen molar-refractivity contribution in [2.75, 3.05) is 7.11 Å². The number of ether oxygens (including phenoxy) is 2. The zero-order valence-corrected chi connectivity index (χ0v) is 16.2. The molecule has 0 heterocycles. The highest BCUT2D eigenvalue weighted by atomic mass is 79.9. The molecule has 1 fully saturated rings. The van der Waals surface area contributed by atoms with E-state index < -0.39 is 58.5 Å². The third kappa shape index (κ3) is 3.65. The van der Waals surface area contributed by atoms with Gasteiger partial charge in [0.2, 0.25) is 0 Å². The third-order valence-electron chi connectivity index (χ3n) is 4.74. The molecule has 0 spiro atoms. The molecule has 142 valence electrons. The number of benzene rings is 1. The van der Waals surface area contributed by atoms with Gasteiger partial charge in [0.15, 0.2) is 11.6 Å². The zero-order chi connectivity index (χ0) is 19.8. The third-order valence-corrected chi connectivity index (χ3v) is 5.56. The molecule has 2 rings (SSSR count). The van der Waals surface area contributed by atoms with E-state index >= 15 is 0 Å². The smallest absolute Gasteiger partial charge is 0.330 e. The lowest BCUT2D eigenvalue weighted by Crippen LogP contribution is -2.13. The molecule has 8 heteroatoms. The number of carbonyl (C=O) groups is 2. The van der Waals surface area contributed by atoms with Crippen molar-refractivity contribution in [2.24, 2.45) is 17.3 Å². The maximum Gasteiger partial charge on any atom is 0.330 e. The molecule has 0 amide bonds. The van der Waals surface area contributed by atoms with Crippen LogP contribution in [0.4, 0.5) is 13.2 Å². The summed E-state index contributed by atoms with van der Waals surface area (Å²) in [5, 5.41) is 0. The summed E-state index contributed by atoms with van der Waals surface area (Å²) in [4.78, 5) is 23.4. The van der Waals surface area contributed by atoms with Crippen molar-refractivity contribution in [1.82, 2.24) is 0 Å². The van der Waals surface area contributed by atoms with Crippen LogP contribution in [0.25, 0.3) is 0 Å². The second kappa shape index (κ2) is 7.42. The highest BCUT2D eigenvalue weighted by Gasteiger charge is 2.61. The maximum atomic E-state index is 14.0. The lowest BCUT2D eigenvalue weighted by molar-refractivity contribution is -0.147. The zero-order valence-electron chi connectivity index (χ0n) is 14.7. The van der Waals surface area contributed by atoms with E-state index in [9.17, 15) is 22.8 Å². The van der Waals surface area contributed by atoms with E-state index in [0.717, 1.165) is 6.92 Å². The van der Waals surface area contributed by atoms with E-state index in [-0.39, 0.29) is 10.4 Å². The van der Waals surface area contributed by atoms with Gasteiger partial charge in [-0.05, 0) is 34.2 Å². The van der Waals surface area contributed by atoms with Crippen LogP contribution >= 0.6 is 15.9 Å². The van der Waals surface area contributed by atoms with Gasteiger partial charge in [-0.25, -0.2) is 18.0 Å². The highest BCUT2D eigenvalue weighted by Crippen LogP contribution is 2.59. The maximum absolute atomic E-state index is 14.0. The van der Waals surface area contributed by atoms with Gasteiger partial charge in [0.1, 0.15) is 12.4 Å². The van der Waals surface area contributed by atoms with Crippen molar-refractivity contribution in [3.05, 3.63) is 45.2 Å². The molecule has 0 unspecified atom stereocenters. The first-order chi connectivity index (χ1) is 12.0. The van der Waals surface area contributed by atoms with Crippen molar-refractivity contribution in [1.29, 1.82) is 0 Å². The van der Waals surface area contributed by atoms with E-state index in [1.807, 2.05) is 13.8 Å². The summed E-state index contributed by atoms with van der Waals surface area (Å²) in [6.45, 7) is 4.12. The minimum Gasteiger partial charge on any atom is -0.466 e. The summed E-state index contributed by atoms with van der Waals surface area (Å²) < 4.78 is 50.9. The minimum absolute atomic E-state index is 0.256. The molecular formula is C18H18BrF3O4. The van der Waals surface area contributed by atoms with Gasteiger partial charge in [0, 0.05) is 17.2 Å². The second-order valence-electron chi connectivity index (χ2n) is 6.67. The van der Waals surface area contributed by atoms with Crippen molar-refractivity contribution >= 4 is 27.9 Å². The van der Waals surface area contributed by atoms with E-state index in [0.29, 0.717) is 0 Å². The number of methoxy groups -OCH3 is 1. The number of allylic oxidation sites excluding steroid dienone is 1. The Bertz CT molecular complexity index is 760. The Kier molecular flexibility index (Phi) is 5.85. The topological polar surface area (TPSA) is 52.6 Å². The van der Waals surface area contributed by atoms with Crippen LogP contribution in [0.2, 0.25) is 0 Å². The summed E-state index contributed by atoms with van der Waals surface area (Å²) in [6, 6.07) is 0. The van der Waals surface area contributed by atoms with Crippen molar-refractivity contribution in [3.63, 3.8) is 0 Å². The average Bonchev–Trinajstić information content (AvgIpc) is 3.16. The monoisotopic (exact) mass is 434 g/mol. The Hall–Kier alpha value is -1.83. The Balaban J connectivity index is 2.11. The normalized spacial score (nSPS) is 20.9. The summed E-state index contributed by atoms with van der Waals surface area (Å²) in [5.74, 6) is -5.51. The van der Waals surface area contributed by atoms with Gasteiger partial charge in [-0.2, -0.15) is 0 Å². The number of halogens is 4. The van der Waals surface area contributed by atoms with Crippen molar-refractivity contribution in [2.45, 2.75) is 27.4 Å². The summed E-state index contributed by atoms with van der Waals surface area (Å²) in [6.07, 6.45) is 2.78. The van der Waals surface area contributed by atoms with Crippen LogP contribution in [-0.4, -0.2) is 19.0 Å². The summed E-state index contributed by atoms with van der Waals surface area (Å²) in [5.41, 5.74) is -1.32. The van der Waals surface area contributed by atoms with Gasteiger partial charge in [0.25, 0.3) is 0 Å². The molecule has 1 aromatic carbocycles. The van der Waals surface area contributed by atoms with Gasteiger partial charge in [-0.15, -0.1) is 0 Å². The molecule has 0 aliphatic heterocycles. The Labute approximate surface area is 157 Å². The largest absolute Gasteiger partial charge is 0.466 e. The fraction of sp³-hybridized carbons (Fsp3) is 0.444. The number of rotatable bonds is 5. The van der Waals surface area contributed by atoms with Gasteiger partial charge in [-0.1, -0.05) is 19.9 Å². The average molecular weight is 435 g/mol. The van der Waals surface area contributed by atoms with Gasteiger partial charge in [0.05, 0.1) is 17.5 Å². The fourth-order valence-corrected chi connectivity index (χ4v) is 3.47. The first-order valence-electron chi connectivity index (χ1n) is 7.78. The summed E-state index contributed by atoms with van der Waals surface area (Å²) in [7, 11) is 1.24. The van der Waals surface area contributed by atoms with Crippen LogP contribution in [0.15, 0.2) is 16.6 Å². The fourth-order valence-electron chi connectivity index (χ4n) is 2.88. The van der Waals surface area contributed by atoms with Gasteiger partial charge >= 0.3 is 11.9 Å². The molecule has 4 nitrogen and oxygen atoms in total. The van der Waals surface area contributed by atoms with Crippen LogP contribution in [0.5, 0.6) is 0 Å². The molecular weight excluding hydrogens is 417 g/mol. The molecule has 1 aliphatic carbocycles. The Morgan fingerprint density at radius 3 is 2.38 bits per heavy atom. The number of esters is 2. The molecule has 0 bridgehead atoms.